The Bertz CT molecular complexity index is 280. The van der Waals surface area contributed by atoms with Crippen LogP contribution < -0.4 is 0 Å². The van der Waals surface area contributed by atoms with Crippen molar-refractivity contribution in [3.05, 3.63) is 0 Å². The van der Waals surface area contributed by atoms with Crippen LogP contribution in [0.4, 0.5) is 0 Å². The first-order valence-corrected chi connectivity index (χ1v) is 7.86. The molecule has 1 aliphatic heterocycles. The standard InChI is InChI=1S/C15H28N2O2/c1-2-16-8-10-17(11-9-16)15(19)14-5-3-13(4-6-14)7-12-18/h13-14,18H,2-12H2,1H3. The number of carbonyl (C=O) groups is 1. The monoisotopic (exact) mass is 268 g/mol. The first-order chi connectivity index (χ1) is 9.24. The van der Waals surface area contributed by atoms with Crippen LogP contribution in [0.2, 0.25) is 0 Å². The third-order valence-corrected chi connectivity index (χ3v) is 4.86. The summed E-state index contributed by atoms with van der Waals surface area (Å²) in [5.41, 5.74) is 0. The van der Waals surface area contributed by atoms with Crippen LogP contribution in [-0.4, -0.2) is 60.1 Å². The third-order valence-electron chi connectivity index (χ3n) is 4.86. The van der Waals surface area contributed by atoms with Gasteiger partial charge in [0, 0.05) is 38.7 Å². The van der Waals surface area contributed by atoms with Crippen LogP contribution in [0.15, 0.2) is 0 Å². The number of hydrogen-bond acceptors (Lipinski definition) is 3. The van der Waals surface area contributed by atoms with Gasteiger partial charge in [-0.25, -0.2) is 0 Å². The van der Waals surface area contributed by atoms with E-state index < -0.39 is 0 Å². The van der Waals surface area contributed by atoms with E-state index in [9.17, 15) is 4.79 Å². The van der Waals surface area contributed by atoms with Gasteiger partial charge in [-0.15, -0.1) is 0 Å². The minimum absolute atomic E-state index is 0.253. The minimum atomic E-state index is 0.253. The molecule has 2 fully saturated rings. The molecule has 0 aromatic rings. The molecule has 0 aromatic heterocycles. The molecule has 0 aromatic carbocycles. The summed E-state index contributed by atoms with van der Waals surface area (Å²) in [4.78, 5) is 16.9. The molecule has 1 N–H and O–H groups in total. The molecule has 110 valence electrons. The van der Waals surface area contributed by atoms with Gasteiger partial charge in [-0.1, -0.05) is 6.92 Å². The summed E-state index contributed by atoms with van der Waals surface area (Å²) < 4.78 is 0. The van der Waals surface area contributed by atoms with Gasteiger partial charge >= 0.3 is 0 Å². The molecule has 1 aliphatic carbocycles. The highest BCUT2D eigenvalue weighted by Crippen LogP contribution is 2.31. The summed E-state index contributed by atoms with van der Waals surface area (Å²) in [5, 5.41) is 8.97. The normalized spacial score (nSPS) is 29.5. The highest BCUT2D eigenvalue weighted by molar-refractivity contribution is 5.79. The minimum Gasteiger partial charge on any atom is -0.396 e. The van der Waals surface area contributed by atoms with Gasteiger partial charge in [0.2, 0.25) is 5.91 Å². The molecule has 2 rings (SSSR count). The summed E-state index contributed by atoms with van der Waals surface area (Å²) >= 11 is 0. The van der Waals surface area contributed by atoms with Gasteiger partial charge in [-0.05, 0) is 44.6 Å². The van der Waals surface area contributed by atoms with Crippen LogP contribution in [0.5, 0.6) is 0 Å². The highest BCUT2D eigenvalue weighted by Gasteiger charge is 2.30. The largest absolute Gasteiger partial charge is 0.396 e. The summed E-state index contributed by atoms with van der Waals surface area (Å²) in [6.07, 6.45) is 5.20. The maximum atomic E-state index is 12.5. The van der Waals surface area contributed by atoms with Gasteiger partial charge in [0.25, 0.3) is 0 Å². The maximum Gasteiger partial charge on any atom is 0.225 e. The van der Waals surface area contributed by atoms with E-state index in [2.05, 4.69) is 16.7 Å². The van der Waals surface area contributed by atoms with Gasteiger partial charge in [-0.2, -0.15) is 0 Å². The summed E-state index contributed by atoms with van der Waals surface area (Å²) in [5.74, 6) is 1.28. The quantitative estimate of drug-likeness (QED) is 0.837. The molecule has 0 atom stereocenters. The van der Waals surface area contributed by atoms with Crippen molar-refractivity contribution in [2.75, 3.05) is 39.3 Å². The topological polar surface area (TPSA) is 43.8 Å². The first-order valence-electron chi connectivity index (χ1n) is 7.86. The number of likely N-dealkylation sites (N-methyl/N-ethyl adjacent to an activating group) is 1. The van der Waals surface area contributed by atoms with Crippen molar-refractivity contribution in [2.24, 2.45) is 11.8 Å². The van der Waals surface area contributed by atoms with Crippen molar-refractivity contribution >= 4 is 5.91 Å². The van der Waals surface area contributed by atoms with Crippen LogP contribution >= 0.6 is 0 Å². The lowest BCUT2D eigenvalue weighted by atomic mass is 9.80. The smallest absolute Gasteiger partial charge is 0.225 e. The van der Waals surface area contributed by atoms with Gasteiger partial charge < -0.3 is 14.9 Å². The zero-order chi connectivity index (χ0) is 13.7. The second-order valence-electron chi connectivity index (χ2n) is 5.99. The van der Waals surface area contributed by atoms with Crippen molar-refractivity contribution in [1.82, 2.24) is 9.80 Å². The molecule has 2 aliphatic rings. The number of carbonyl (C=O) groups excluding carboxylic acids is 1. The fraction of sp³-hybridized carbons (Fsp3) is 0.933. The zero-order valence-electron chi connectivity index (χ0n) is 12.2. The Morgan fingerprint density at radius 2 is 1.74 bits per heavy atom. The van der Waals surface area contributed by atoms with E-state index in [0.717, 1.165) is 64.8 Å². The van der Waals surface area contributed by atoms with Crippen LogP contribution in [0.3, 0.4) is 0 Å². The van der Waals surface area contributed by atoms with E-state index in [-0.39, 0.29) is 5.92 Å². The van der Waals surface area contributed by atoms with Crippen molar-refractivity contribution in [1.29, 1.82) is 0 Å². The van der Waals surface area contributed by atoms with Gasteiger partial charge in [-0.3, -0.25) is 4.79 Å². The molecule has 1 heterocycles. The van der Waals surface area contributed by atoms with Gasteiger partial charge in [0.05, 0.1) is 0 Å². The molecule has 1 saturated carbocycles. The molecule has 19 heavy (non-hydrogen) atoms. The number of amides is 1. The number of hydrogen-bond donors (Lipinski definition) is 1. The summed E-state index contributed by atoms with van der Waals surface area (Å²) in [6.45, 7) is 7.44. The van der Waals surface area contributed by atoms with E-state index in [1.54, 1.807) is 0 Å². The fourth-order valence-electron chi connectivity index (χ4n) is 3.42. The number of rotatable bonds is 4. The molecule has 4 nitrogen and oxygen atoms in total. The molecule has 1 amide bonds. The van der Waals surface area contributed by atoms with E-state index >= 15 is 0 Å². The number of aliphatic hydroxyl groups is 1. The van der Waals surface area contributed by atoms with Crippen LogP contribution in [-0.2, 0) is 4.79 Å². The van der Waals surface area contributed by atoms with Crippen LogP contribution in [0.1, 0.15) is 39.0 Å². The average molecular weight is 268 g/mol. The Morgan fingerprint density at radius 3 is 2.26 bits per heavy atom. The van der Waals surface area contributed by atoms with E-state index in [1.165, 1.54) is 0 Å². The predicted molar refractivity (Wildman–Crippen MR) is 75.8 cm³/mol. The van der Waals surface area contributed by atoms with Gasteiger partial charge in [0.15, 0.2) is 0 Å². The first kappa shape index (κ1) is 14.8. The molecule has 0 spiro atoms. The lowest BCUT2D eigenvalue weighted by molar-refractivity contribution is -0.138. The SMILES string of the molecule is CCN1CCN(C(=O)C2CCC(CCO)CC2)CC1. The van der Waals surface area contributed by atoms with Crippen molar-refractivity contribution in [3.8, 4) is 0 Å². The number of nitrogens with zero attached hydrogens (tertiary/aromatic N) is 2. The predicted octanol–water partition coefficient (Wildman–Crippen LogP) is 1.34. The number of aliphatic hydroxyl groups excluding tert-OH is 1. The van der Waals surface area contributed by atoms with Crippen LogP contribution in [0, 0.1) is 11.8 Å². The third kappa shape index (κ3) is 3.93. The lowest BCUT2D eigenvalue weighted by Crippen LogP contribution is -2.50. The molecule has 4 heteroatoms. The molecule has 0 unspecified atom stereocenters. The average Bonchev–Trinajstić information content (AvgIpc) is 2.48. The van der Waals surface area contributed by atoms with E-state index in [4.69, 9.17) is 5.11 Å². The lowest BCUT2D eigenvalue weighted by Gasteiger charge is -2.37. The van der Waals surface area contributed by atoms with E-state index in [0.29, 0.717) is 18.4 Å². The Balaban J connectivity index is 1.75. The Hall–Kier alpha value is -0.610. The molecule has 0 radical (unpaired) electrons. The number of piperazine rings is 1. The molecule has 1 saturated heterocycles. The second kappa shape index (κ2) is 7.25. The van der Waals surface area contributed by atoms with Crippen molar-refractivity contribution in [3.63, 3.8) is 0 Å². The second-order valence-corrected chi connectivity index (χ2v) is 5.99. The van der Waals surface area contributed by atoms with Gasteiger partial charge in [0.1, 0.15) is 0 Å². The van der Waals surface area contributed by atoms with Crippen molar-refractivity contribution < 1.29 is 9.90 Å². The summed E-state index contributed by atoms with van der Waals surface area (Å²) in [6, 6.07) is 0. The highest BCUT2D eigenvalue weighted by atomic mass is 16.3. The Morgan fingerprint density at radius 1 is 1.11 bits per heavy atom. The summed E-state index contributed by atoms with van der Waals surface area (Å²) in [7, 11) is 0. The molecule has 0 bridgehead atoms. The van der Waals surface area contributed by atoms with Crippen molar-refractivity contribution in [2.45, 2.75) is 39.0 Å². The Labute approximate surface area is 116 Å². The molecular weight excluding hydrogens is 240 g/mol. The van der Waals surface area contributed by atoms with Crippen LogP contribution in [0.25, 0.3) is 0 Å². The zero-order valence-corrected chi connectivity index (χ0v) is 12.2. The Kier molecular flexibility index (Phi) is 5.64. The maximum absolute atomic E-state index is 12.5. The fourth-order valence-corrected chi connectivity index (χ4v) is 3.42. The molecular formula is C15H28N2O2. The van der Waals surface area contributed by atoms with E-state index in [1.807, 2.05) is 0 Å².